The molecular weight excluding hydrogens is 208 g/mol. The summed E-state index contributed by atoms with van der Waals surface area (Å²) in [7, 11) is 1.67. The first-order valence-electron chi connectivity index (χ1n) is 5.67. The summed E-state index contributed by atoms with van der Waals surface area (Å²) in [4.78, 5) is 24.5. The van der Waals surface area contributed by atoms with E-state index in [0.29, 0.717) is 12.8 Å². The van der Waals surface area contributed by atoms with Gasteiger partial charge < -0.3 is 15.3 Å². The number of nitrogens with one attached hydrogen (secondary N) is 1. The van der Waals surface area contributed by atoms with Gasteiger partial charge in [0.05, 0.1) is 0 Å². The van der Waals surface area contributed by atoms with Gasteiger partial charge in [0.2, 0.25) is 0 Å². The monoisotopic (exact) mass is 228 g/mol. The first kappa shape index (κ1) is 12.8. The van der Waals surface area contributed by atoms with Gasteiger partial charge in [0.25, 0.3) is 0 Å². The second-order valence-corrected chi connectivity index (χ2v) is 4.73. The van der Waals surface area contributed by atoms with Gasteiger partial charge in [-0.15, -0.1) is 0 Å². The molecular formula is C11H20N2O3. The molecule has 0 spiro atoms. The van der Waals surface area contributed by atoms with Gasteiger partial charge in [-0.05, 0) is 26.7 Å². The summed E-state index contributed by atoms with van der Waals surface area (Å²) >= 11 is 0. The van der Waals surface area contributed by atoms with E-state index in [4.69, 9.17) is 0 Å². The van der Waals surface area contributed by atoms with Crippen LogP contribution in [0.1, 0.15) is 39.5 Å². The maximum atomic E-state index is 11.8. The molecule has 0 aromatic heterocycles. The number of rotatable bonds is 3. The molecule has 1 fully saturated rings. The first-order valence-corrected chi connectivity index (χ1v) is 5.67. The molecule has 92 valence electrons. The van der Waals surface area contributed by atoms with Crippen LogP contribution < -0.4 is 5.32 Å². The van der Waals surface area contributed by atoms with E-state index < -0.39 is 11.5 Å². The lowest BCUT2D eigenvalue weighted by molar-refractivity contribution is -0.144. The lowest BCUT2D eigenvalue weighted by atomic mass is 9.98. The Morgan fingerprint density at radius 3 is 2.19 bits per heavy atom. The zero-order valence-corrected chi connectivity index (χ0v) is 10.1. The van der Waals surface area contributed by atoms with Crippen molar-refractivity contribution in [2.24, 2.45) is 0 Å². The van der Waals surface area contributed by atoms with Gasteiger partial charge in [0.1, 0.15) is 5.54 Å². The molecule has 0 aromatic carbocycles. The fourth-order valence-corrected chi connectivity index (χ4v) is 1.90. The Hall–Kier alpha value is -1.26. The number of carbonyl (C=O) groups is 2. The van der Waals surface area contributed by atoms with Gasteiger partial charge in [0.15, 0.2) is 0 Å². The van der Waals surface area contributed by atoms with Gasteiger partial charge in [0, 0.05) is 13.1 Å². The third-order valence-corrected chi connectivity index (χ3v) is 3.31. The van der Waals surface area contributed by atoms with Crippen LogP contribution in [0.2, 0.25) is 0 Å². The smallest absolute Gasteiger partial charge is 0.329 e. The normalized spacial score (nSPS) is 18.5. The Morgan fingerprint density at radius 2 is 1.81 bits per heavy atom. The Bertz CT molecular complexity index is 283. The fraction of sp³-hybridized carbons (Fsp3) is 0.818. The van der Waals surface area contributed by atoms with Crippen LogP contribution in [-0.4, -0.2) is 40.6 Å². The van der Waals surface area contributed by atoms with E-state index in [1.54, 1.807) is 7.05 Å². The third kappa shape index (κ3) is 2.46. The van der Waals surface area contributed by atoms with Gasteiger partial charge in [-0.25, -0.2) is 9.59 Å². The second kappa shape index (κ2) is 4.72. The van der Waals surface area contributed by atoms with Crippen LogP contribution in [0, 0.1) is 0 Å². The highest BCUT2D eigenvalue weighted by atomic mass is 16.4. The Labute approximate surface area is 95.8 Å². The van der Waals surface area contributed by atoms with Crippen molar-refractivity contribution in [3.8, 4) is 0 Å². The zero-order chi connectivity index (χ0) is 12.3. The Kier molecular flexibility index (Phi) is 3.78. The van der Waals surface area contributed by atoms with Crippen LogP contribution >= 0.6 is 0 Å². The van der Waals surface area contributed by atoms with Crippen LogP contribution in [0.25, 0.3) is 0 Å². The molecule has 5 nitrogen and oxygen atoms in total. The molecule has 2 N–H and O–H groups in total. The second-order valence-electron chi connectivity index (χ2n) is 4.73. The molecule has 1 rings (SSSR count). The summed E-state index contributed by atoms with van der Waals surface area (Å²) < 4.78 is 0. The average molecular weight is 228 g/mol. The van der Waals surface area contributed by atoms with Crippen molar-refractivity contribution < 1.29 is 14.7 Å². The molecule has 0 unspecified atom stereocenters. The molecule has 16 heavy (non-hydrogen) atoms. The molecule has 5 heteroatoms. The largest absolute Gasteiger partial charge is 0.480 e. The maximum absolute atomic E-state index is 11.8. The molecule has 1 aliphatic carbocycles. The molecule has 0 bridgehead atoms. The summed E-state index contributed by atoms with van der Waals surface area (Å²) in [5.74, 6) is -0.921. The number of urea groups is 1. The summed E-state index contributed by atoms with van der Waals surface area (Å²) in [6.07, 6.45) is 2.77. The van der Waals surface area contributed by atoms with Crippen LogP contribution in [0.15, 0.2) is 0 Å². The van der Waals surface area contributed by atoms with Gasteiger partial charge in [-0.1, -0.05) is 12.8 Å². The highest BCUT2D eigenvalue weighted by Crippen LogP contribution is 2.30. The lowest BCUT2D eigenvalue weighted by Crippen LogP contribution is -2.56. The van der Waals surface area contributed by atoms with Crippen molar-refractivity contribution >= 4 is 12.0 Å². The highest BCUT2D eigenvalue weighted by Gasteiger charge is 2.43. The predicted octanol–water partition coefficient (Wildman–Crippen LogP) is 1.43. The number of amides is 2. The number of carbonyl (C=O) groups excluding carboxylic acids is 1. The van der Waals surface area contributed by atoms with E-state index in [9.17, 15) is 14.7 Å². The minimum absolute atomic E-state index is 0.0623. The molecule has 1 aliphatic rings. The SMILES string of the molecule is CC(C)N(C)C(=O)NC1(C(=O)O)CCCC1. The van der Waals surface area contributed by atoms with Crippen LogP contribution in [-0.2, 0) is 4.79 Å². The average Bonchev–Trinajstić information content (AvgIpc) is 2.66. The maximum Gasteiger partial charge on any atom is 0.329 e. The summed E-state index contributed by atoms with van der Waals surface area (Å²) in [5.41, 5.74) is -1.04. The van der Waals surface area contributed by atoms with Crippen molar-refractivity contribution in [2.45, 2.75) is 51.1 Å². The summed E-state index contributed by atoms with van der Waals surface area (Å²) in [6.45, 7) is 3.78. The fourth-order valence-electron chi connectivity index (χ4n) is 1.90. The van der Waals surface area contributed by atoms with E-state index in [0.717, 1.165) is 12.8 Å². The van der Waals surface area contributed by atoms with Crippen molar-refractivity contribution in [1.82, 2.24) is 10.2 Å². The minimum Gasteiger partial charge on any atom is -0.480 e. The van der Waals surface area contributed by atoms with Crippen molar-refractivity contribution in [2.75, 3.05) is 7.05 Å². The van der Waals surface area contributed by atoms with Crippen molar-refractivity contribution in [1.29, 1.82) is 0 Å². The van der Waals surface area contributed by atoms with E-state index in [2.05, 4.69) is 5.32 Å². The van der Waals surface area contributed by atoms with Crippen LogP contribution in [0.5, 0.6) is 0 Å². The number of hydrogen-bond acceptors (Lipinski definition) is 2. The highest BCUT2D eigenvalue weighted by molar-refractivity contribution is 5.86. The van der Waals surface area contributed by atoms with Crippen molar-refractivity contribution in [3.05, 3.63) is 0 Å². The molecule has 0 heterocycles. The van der Waals surface area contributed by atoms with E-state index in [-0.39, 0.29) is 12.1 Å². The number of nitrogens with zero attached hydrogens (tertiary/aromatic N) is 1. The quantitative estimate of drug-likeness (QED) is 0.767. The molecule has 0 atom stereocenters. The number of carboxylic acid groups (broad SMARTS) is 1. The topological polar surface area (TPSA) is 69.6 Å². The molecule has 0 aliphatic heterocycles. The van der Waals surface area contributed by atoms with E-state index >= 15 is 0 Å². The van der Waals surface area contributed by atoms with Crippen LogP contribution in [0.3, 0.4) is 0 Å². The Balaban J connectivity index is 2.70. The van der Waals surface area contributed by atoms with Crippen molar-refractivity contribution in [3.63, 3.8) is 0 Å². The zero-order valence-electron chi connectivity index (χ0n) is 10.1. The number of hydrogen-bond donors (Lipinski definition) is 2. The lowest BCUT2D eigenvalue weighted by Gasteiger charge is -2.30. The van der Waals surface area contributed by atoms with Gasteiger partial charge >= 0.3 is 12.0 Å². The van der Waals surface area contributed by atoms with Gasteiger partial charge in [-0.3, -0.25) is 0 Å². The van der Waals surface area contributed by atoms with Crippen LogP contribution in [0.4, 0.5) is 4.79 Å². The standard InChI is InChI=1S/C11H20N2O3/c1-8(2)13(3)10(16)12-11(9(14)15)6-4-5-7-11/h8H,4-7H2,1-3H3,(H,12,16)(H,14,15). The minimum atomic E-state index is -1.04. The predicted molar refractivity (Wildman–Crippen MR) is 60.3 cm³/mol. The third-order valence-electron chi connectivity index (χ3n) is 3.31. The molecule has 2 amide bonds. The number of carboxylic acids is 1. The molecule has 0 saturated heterocycles. The summed E-state index contributed by atoms with van der Waals surface area (Å²) in [5, 5.41) is 11.9. The van der Waals surface area contributed by atoms with Gasteiger partial charge in [-0.2, -0.15) is 0 Å². The molecule has 0 radical (unpaired) electrons. The first-order chi connectivity index (χ1) is 7.39. The number of aliphatic carboxylic acids is 1. The molecule has 0 aromatic rings. The molecule has 1 saturated carbocycles. The summed E-state index contributed by atoms with van der Waals surface area (Å²) in [6, 6.07) is -0.244. The Morgan fingerprint density at radius 1 is 1.31 bits per heavy atom. The van der Waals surface area contributed by atoms with E-state index in [1.165, 1.54) is 4.90 Å². The van der Waals surface area contributed by atoms with E-state index in [1.807, 2.05) is 13.8 Å².